The number of carbonyl (C=O) groups is 2. The van der Waals surface area contributed by atoms with Gasteiger partial charge in [-0.05, 0) is 36.8 Å². The third-order valence-electron chi connectivity index (χ3n) is 2.76. The van der Waals surface area contributed by atoms with Crippen LogP contribution in [-0.2, 0) is 4.79 Å². The molecule has 0 aliphatic heterocycles. The van der Waals surface area contributed by atoms with Gasteiger partial charge in [-0.1, -0.05) is 17.7 Å². The van der Waals surface area contributed by atoms with Gasteiger partial charge in [0, 0.05) is 29.4 Å². The highest BCUT2D eigenvalue weighted by molar-refractivity contribution is 6.31. The van der Waals surface area contributed by atoms with Crippen molar-refractivity contribution in [3.8, 4) is 0 Å². The predicted molar refractivity (Wildman–Crippen MR) is 82.7 cm³/mol. The molecule has 0 fully saturated rings. The lowest BCUT2D eigenvalue weighted by atomic mass is 10.2. The first-order valence-corrected chi connectivity index (χ1v) is 6.64. The highest BCUT2D eigenvalue weighted by Gasteiger charge is 2.09. The summed E-state index contributed by atoms with van der Waals surface area (Å²) < 4.78 is 0. The molecule has 2 aromatic rings. The fourth-order valence-electron chi connectivity index (χ4n) is 1.69. The fourth-order valence-corrected chi connectivity index (χ4v) is 1.87. The highest BCUT2D eigenvalue weighted by atomic mass is 35.5. The summed E-state index contributed by atoms with van der Waals surface area (Å²) in [6.45, 7) is 3.26. The Bertz CT molecular complexity index is 701. The number of hydrogen-bond donors (Lipinski definition) is 2. The van der Waals surface area contributed by atoms with Gasteiger partial charge in [0.15, 0.2) is 0 Å². The van der Waals surface area contributed by atoms with Crippen molar-refractivity contribution >= 4 is 34.9 Å². The van der Waals surface area contributed by atoms with E-state index in [1.807, 2.05) is 13.0 Å². The van der Waals surface area contributed by atoms with E-state index >= 15 is 0 Å². The summed E-state index contributed by atoms with van der Waals surface area (Å²) in [4.78, 5) is 27.1. The maximum Gasteiger partial charge on any atom is 0.255 e. The molecule has 0 bridgehead atoms. The number of amides is 2. The fraction of sp³-hybridized carbons (Fsp3) is 0.133. The lowest BCUT2D eigenvalue weighted by Gasteiger charge is -2.08. The molecular formula is C15H14ClN3O2. The van der Waals surface area contributed by atoms with E-state index in [0.29, 0.717) is 22.1 Å². The molecule has 6 heteroatoms. The van der Waals surface area contributed by atoms with Crippen LogP contribution in [0.3, 0.4) is 0 Å². The van der Waals surface area contributed by atoms with E-state index in [1.165, 1.54) is 19.2 Å². The molecule has 1 aromatic carbocycles. The van der Waals surface area contributed by atoms with Crippen LogP contribution < -0.4 is 10.6 Å². The van der Waals surface area contributed by atoms with Gasteiger partial charge in [0.25, 0.3) is 5.91 Å². The van der Waals surface area contributed by atoms with Crippen molar-refractivity contribution in [3.63, 3.8) is 0 Å². The Morgan fingerprint density at radius 3 is 2.57 bits per heavy atom. The Labute approximate surface area is 127 Å². The van der Waals surface area contributed by atoms with Gasteiger partial charge in [-0.3, -0.25) is 9.59 Å². The smallest absolute Gasteiger partial charge is 0.255 e. The van der Waals surface area contributed by atoms with Crippen molar-refractivity contribution in [2.24, 2.45) is 0 Å². The van der Waals surface area contributed by atoms with Crippen molar-refractivity contribution in [1.82, 2.24) is 4.98 Å². The molecule has 1 heterocycles. The zero-order valence-electron chi connectivity index (χ0n) is 11.6. The maximum absolute atomic E-state index is 12.2. The zero-order valence-corrected chi connectivity index (χ0v) is 12.4. The van der Waals surface area contributed by atoms with Crippen molar-refractivity contribution in [3.05, 3.63) is 52.7 Å². The highest BCUT2D eigenvalue weighted by Crippen LogP contribution is 2.20. The van der Waals surface area contributed by atoms with Crippen molar-refractivity contribution in [1.29, 1.82) is 0 Å². The second kappa shape index (κ2) is 6.37. The van der Waals surface area contributed by atoms with E-state index in [2.05, 4.69) is 15.6 Å². The summed E-state index contributed by atoms with van der Waals surface area (Å²) >= 11 is 6.02. The Kier molecular flexibility index (Phi) is 4.55. The minimum absolute atomic E-state index is 0.245. The van der Waals surface area contributed by atoms with Gasteiger partial charge in [-0.15, -0.1) is 0 Å². The van der Waals surface area contributed by atoms with Crippen molar-refractivity contribution in [2.45, 2.75) is 13.8 Å². The maximum atomic E-state index is 12.2. The molecule has 2 rings (SSSR count). The van der Waals surface area contributed by atoms with Gasteiger partial charge in [0.05, 0.1) is 0 Å². The van der Waals surface area contributed by atoms with Crippen LogP contribution in [0.15, 0.2) is 36.5 Å². The number of nitrogens with zero attached hydrogens (tertiary/aromatic N) is 1. The van der Waals surface area contributed by atoms with E-state index in [-0.39, 0.29) is 11.8 Å². The number of carbonyl (C=O) groups excluding carboxylic acids is 2. The SMILES string of the molecule is CC(=O)Nc1cc(C(=O)Nc2ccc(C)c(Cl)c2)ccn1. The van der Waals surface area contributed by atoms with E-state index in [9.17, 15) is 9.59 Å². The van der Waals surface area contributed by atoms with E-state index < -0.39 is 0 Å². The molecule has 2 N–H and O–H groups in total. The molecule has 0 atom stereocenters. The first kappa shape index (κ1) is 15.0. The first-order valence-electron chi connectivity index (χ1n) is 6.27. The first-order chi connectivity index (χ1) is 9.95. The van der Waals surface area contributed by atoms with Crippen molar-refractivity contribution in [2.75, 3.05) is 10.6 Å². The average molecular weight is 304 g/mol. The third-order valence-corrected chi connectivity index (χ3v) is 3.16. The number of benzene rings is 1. The molecule has 1 aromatic heterocycles. The molecule has 0 radical (unpaired) electrons. The van der Waals surface area contributed by atoms with Gasteiger partial charge in [0.1, 0.15) is 5.82 Å². The van der Waals surface area contributed by atoms with Crippen LogP contribution in [0, 0.1) is 6.92 Å². The average Bonchev–Trinajstić information content (AvgIpc) is 2.42. The molecule has 0 saturated heterocycles. The van der Waals surface area contributed by atoms with Gasteiger partial charge in [0.2, 0.25) is 5.91 Å². The number of hydrogen-bond acceptors (Lipinski definition) is 3. The van der Waals surface area contributed by atoms with Gasteiger partial charge >= 0.3 is 0 Å². The van der Waals surface area contributed by atoms with Gasteiger partial charge in [-0.25, -0.2) is 4.98 Å². The molecule has 0 aliphatic rings. The standard InChI is InChI=1S/C15H14ClN3O2/c1-9-3-4-12(8-13(9)16)19-15(21)11-5-6-17-14(7-11)18-10(2)20/h3-8H,1-2H3,(H,19,21)(H,17,18,20). The van der Waals surface area contributed by atoms with Crippen LogP contribution in [-0.4, -0.2) is 16.8 Å². The van der Waals surface area contributed by atoms with E-state index in [4.69, 9.17) is 11.6 Å². The molecule has 2 amide bonds. The van der Waals surface area contributed by atoms with Gasteiger partial charge < -0.3 is 10.6 Å². The Morgan fingerprint density at radius 1 is 1.14 bits per heavy atom. The van der Waals surface area contributed by atoms with Crippen LogP contribution in [0.2, 0.25) is 5.02 Å². The minimum Gasteiger partial charge on any atom is -0.322 e. The summed E-state index contributed by atoms with van der Waals surface area (Å²) in [5, 5.41) is 5.86. The molecule has 0 spiro atoms. The number of halogens is 1. The normalized spacial score (nSPS) is 10.0. The summed E-state index contributed by atoms with van der Waals surface area (Å²) in [7, 11) is 0. The number of aromatic nitrogens is 1. The number of aryl methyl sites for hydroxylation is 1. The van der Waals surface area contributed by atoms with Crippen LogP contribution in [0.25, 0.3) is 0 Å². The lowest BCUT2D eigenvalue weighted by molar-refractivity contribution is -0.114. The number of anilines is 2. The third kappa shape index (κ3) is 4.03. The summed E-state index contributed by atoms with van der Waals surface area (Å²) in [6.07, 6.45) is 1.46. The Hall–Kier alpha value is -2.40. The van der Waals surface area contributed by atoms with E-state index in [1.54, 1.807) is 18.2 Å². The Morgan fingerprint density at radius 2 is 1.90 bits per heavy atom. The quantitative estimate of drug-likeness (QED) is 0.914. The van der Waals surface area contributed by atoms with Gasteiger partial charge in [-0.2, -0.15) is 0 Å². The monoisotopic (exact) mass is 303 g/mol. The van der Waals surface area contributed by atoms with E-state index in [0.717, 1.165) is 5.56 Å². The lowest BCUT2D eigenvalue weighted by Crippen LogP contribution is -2.14. The molecule has 108 valence electrons. The number of rotatable bonds is 3. The molecular weight excluding hydrogens is 290 g/mol. The number of nitrogens with one attached hydrogen (secondary N) is 2. The van der Waals surface area contributed by atoms with Crippen LogP contribution in [0.4, 0.5) is 11.5 Å². The molecule has 5 nitrogen and oxygen atoms in total. The second-order valence-electron chi connectivity index (χ2n) is 4.53. The van der Waals surface area contributed by atoms with Crippen LogP contribution in [0.5, 0.6) is 0 Å². The minimum atomic E-state index is -0.302. The molecule has 0 unspecified atom stereocenters. The topological polar surface area (TPSA) is 71.1 Å². The summed E-state index contributed by atoms with van der Waals surface area (Å²) in [5.41, 5.74) is 1.94. The predicted octanol–water partition coefficient (Wildman–Crippen LogP) is 3.25. The summed E-state index contributed by atoms with van der Waals surface area (Å²) in [5.74, 6) is -0.216. The Balaban J connectivity index is 2.16. The summed E-state index contributed by atoms with van der Waals surface area (Å²) in [6, 6.07) is 8.36. The molecule has 0 saturated carbocycles. The van der Waals surface area contributed by atoms with Crippen molar-refractivity contribution < 1.29 is 9.59 Å². The molecule has 0 aliphatic carbocycles. The second-order valence-corrected chi connectivity index (χ2v) is 4.94. The zero-order chi connectivity index (χ0) is 15.4. The number of pyridine rings is 1. The van der Waals surface area contributed by atoms with Crippen LogP contribution >= 0.6 is 11.6 Å². The van der Waals surface area contributed by atoms with Crippen LogP contribution in [0.1, 0.15) is 22.8 Å². The molecule has 21 heavy (non-hydrogen) atoms. The largest absolute Gasteiger partial charge is 0.322 e.